The van der Waals surface area contributed by atoms with E-state index in [1.165, 1.54) is 38.5 Å². The Labute approximate surface area is 118 Å². The number of rotatable bonds is 3. The summed E-state index contributed by atoms with van der Waals surface area (Å²) in [6.45, 7) is 0. The number of hydrogen-bond donors (Lipinski definition) is 0. The fourth-order valence-corrected chi connectivity index (χ4v) is 3.34. The van der Waals surface area contributed by atoms with Gasteiger partial charge in [0.2, 0.25) is 0 Å². The van der Waals surface area contributed by atoms with E-state index in [-0.39, 0.29) is 5.82 Å². The zero-order valence-corrected chi connectivity index (χ0v) is 12.5. The van der Waals surface area contributed by atoms with Gasteiger partial charge in [0, 0.05) is 18.4 Å². The number of nitrogens with zero attached hydrogens (tertiary/aromatic N) is 1. The lowest BCUT2D eigenvalue weighted by atomic mass is 10.1. The Hall–Kier alpha value is -0.570. The summed E-state index contributed by atoms with van der Waals surface area (Å²) >= 11 is 3.46. The number of anilines is 1. The van der Waals surface area contributed by atoms with Crippen LogP contribution in [0.3, 0.4) is 0 Å². The van der Waals surface area contributed by atoms with Crippen LogP contribution in [0.2, 0.25) is 0 Å². The molecule has 0 amide bonds. The molecule has 0 N–H and O–H groups in total. The molecular formula is C15H21BrFN. The van der Waals surface area contributed by atoms with Crippen molar-refractivity contribution in [2.75, 3.05) is 11.9 Å². The molecule has 2 rings (SSSR count). The lowest BCUT2D eigenvalue weighted by Gasteiger charge is -2.31. The van der Waals surface area contributed by atoms with Crippen LogP contribution in [-0.2, 0) is 5.33 Å². The molecule has 18 heavy (non-hydrogen) atoms. The Kier molecular flexibility index (Phi) is 5.04. The molecule has 1 aliphatic rings. The van der Waals surface area contributed by atoms with Crippen LogP contribution in [-0.4, -0.2) is 13.1 Å². The summed E-state index contributed by atoms with van der Waals surface area (Å²) in [5.41, 5.74) is 1.82. The number of benzene rings is 1. The van der Waals surface area contributed by atoms with E-state index >= 15 is 0 Å². The third kappa shape index (κ3) is 3.05. The molecule has 0 spiro atoms. The summed E-state index contributed by atoms with van der Waals surface area (Å²) in [4.78, 5) is 2.16. The van der Waals surface area contributed by atoms with Crippen LogP contribution in [0, 0.1) is 5.82 Å². The van der Waals surface area contributed by atoms with Crippen LogP contribution < -0.4 is 4.90 Å². The predicted octanol–water partition coefficient (Wildman–Crippen LogP) is 4.88. The average molecular weight is 314 g/mol. The second-order valence-corrected chi connectivity index (χ2v) is 5.70. The van der Waals surface area contributed by atoms with Crippen LogP contribution in [0.4, 0.5) is 10.1 Å². The van der Waals surface area contributed by atoms with Crippen molar-refractivity contribution < 1.29 is 4.39 Å². The molecule has 3 heteroatoms. The highest BCUT2D eigenvalue weighted by molar-refractivity contribution is 9.08. The van der Waals surface area contributed by atoms with E-state index in [4.69, 9.17) is 0 Å². The van der Waals surface area contributed by atoms with Crippen molar-refractivity contribution in [2.24, 2.45) is 0 Å². The van der Waals surface area contributed by atoms with Gasteiger partial charge in [0.1, 0.15) is 5.82 Å². The molecule has 0 unspecified atom stereocenters. The Morgan fingerprint density at radius 3 is 2.50 bits per heavy atom. The second-order valence-electron chi connectivity index (χ2n) is 5.14. The molecule has 1 saturated carbocycles. The maximum Gasteiger partial charge on any atom is 0.146 e. The van der Waals surface area contributed by atoms with Gasteiger partial charge in [0.15, 0.2) is 0 Å². The van der Waals surface area contributed by atoms with Crippen molar-refractivity contribution in [1.29, 1.82) is 0 Å². The summed E-state index contributed by atoms with van der Waals surface area (Å²) in [7, 11) is 2.04. The smallest absolute Gasteiger partial charge is 0.146 e. The molecule has 0 atom stereocenters. The third-order valence-corrected chi connectivity index (χ3v) is 4.54. The predicted molar refractivity (Wildman–Crippen MR) is 78.9 cm³/mol. The van der Waals surface area contributed by atoms with Gasteiger partial charge in [0.05, 0.1) is 5.69 Å². The van der Waals surface area contributed by atoms with Gasteiger partial charge in [-0.1, -0.05) is 53.7 Å². The third-order valence-electron chi connectivity index (χ3n) is 3.94. The largest absolute Gasteiger partial charge is 0.369 e. The molecule has 0 bridgehead atoms. The van der Waals surface area contributed by atoms with Crippen LogP contribution in [0.25, 0.3) is 0 Å². The summed E-state index contributed by atoms with van der Waals surface area (Å²) < 4.78 is 14.1. The fourth-order valence-electron chi connectivity index (χ4n) is 2.89. The molecule has 1 fully saturated rings. The van der Waals surface area contributed by atoms with Gasteiger partial charge in [-0.2, -0.15) is 0 Å². The monoisotopic (exact) mass is 313 g/mol. The van der Waals surface area contributed by atoms with Gasteiger partial charge < -0.3 is 4.90 Å². The minimum absolute atomic E-state index is 0.0984. The van der Waals surface area contributed by atoms with Crippen molar-refractivity contribution in [1.82, 2.24) is 0 Å². The standard InChI is InChI=1S/C15H21BrFN/c1-18(13-8-4-2-3-5-9-13)15-12(11-16)7-6-10-14(15)17/h6-7,10,13H,2-5,8-9,11H2,1H3. The van der Waals surface area contributed by atoms with Gasteiger partial charge >= 0.3 is 0 Å². The van der Waals surface area contributed by atoms with E-state index in [2.05, 4.69) is 20.8 Å². The average Bonchev–Trinajstić information content (AvgIpc) is 2.66. The highest BCUT2D eigenvalue weighted by Crippen LogP contribution is 2.31. The molecule has 1 aliphatic carbocycles. The minimum atomic E-state index is -0.0984. The first-order valence-corrected chi connectivity index (χ1v) is 7.92. The Morgan fingerprint density at radius 2 is 1.89 bits per heavy atom. The van der Waals surface area contributed by atoms with Crippen molar-refractivity contribution in [2.45, 2.75) is 49.9 Å². The maximum atomic E-state index is 14.1. The molecule has 1 nitrogen and oxygen atoms in total. The summed E-state index contributed by atoms with van der Waals surface area (Å²) in [5, 5.41) is 0.706. The van der Waals surface area contributed by atoms with E-state index in [9.17, 15) is 4.39 Å². The Balaban J connectivity index is 2.23. The highest BCUT2D eigenvalue weighted by Gasteiger charge is 2.21. The number of hydrogen-bond acceptors (Lipinski definition) is 1. The fraction of sp³-hybridized carbons (Fsp3) is 0.600. The van der Waals surface area contributed by atoms with Crippen molar-refractivity contribution in [3.8, 4) is 0 Å². The van der Waals surface area contributed by atoms with Crippen LogP contribution in [0.1, 0.15) is 44.1 Å². The normalized spacial score (nSPS) is 17.5. The molecule has 0 aromatic heterocycles. The zero-order chi connectivity index (χ0) is 13.0. The molecule has 0 radical (unpaired) electrons. The molecule has 0 heterocycles. The molecular weight excluding hydrogens is 293 g/mol. The van der Waals surface area contributed by atoms with Gasteiger partial charge in [-0.15, -0.1) is 0 Å². The first-order valence-electron chi connectivity index (χ1n) is 6.80. The van der Waals surface area contributed by atoms with Gasteiger partial charge in [-0.3, -0.25) is 0 Å². The lowest BCUT2D eigenvalue weighted by molar-refractivity contribution is 0.537. The quantitative estimate of drug-likeness (QED) is 0.568. The maximum absolute atomic E-state index is 14.1. The molecule has 1 aromatic carbocycles. The van der Waals surface area contributed by atoms with E-state index in [0.29, 0.717) is 11.4 Å². The lowest BCUT2D eigenvalue weighted by Crippen LogP contribution is -2.32. The highest BCUT2D eigenvalue weighted by atomic mass is 79.9. The van der Waals surface area contributed by atoms with Crippen molar-refractivity contribution in [3.63, 3.8) is 0 Å². The molecule has 0 saturated heterocycles. The number of alkyl halides is 1. The second kappa shape index (κ2) is 6.55. The molecule has 1 aromatic rings. The molecule has 0 aliphatic heterocycles. The van der Waals surface area contributed by atoms with E-state index in [1.54, 1.807) is 12.1 Å². The van der Waals surface area contributed by atoms with Crippen molar-refractivity contribution >= 4 is 21.6 Å². The summed E-state index contributed by atoms with van der Waals surface area (Å²) in [6.07, 6.45) is 7.57. The van der Waals surface area contributed by atoms with Crippen LogP contribution >= 0.6 is 15.9 Å². The van der Waals surface area contributed by atoms with Crippen LogP contribution in [0.5, 0.6) is 0 Å². The molecule has 100 valence electrons. The van der Waals surface area contributed by atoms with E-state index in [1.807, 2.05) is 13.1 Å². The summed E-state index contributed by atoms with van der Waals surface area (Å²) in [6, 6.07) is 5.84. The van der Waals surface area contributed by atoms with E-state index in [0.717, 1.165) is 11.3 Å². The zero-order valence-electron chi connectivity index (χ0n) is 11.0. The number of halogens is 2. The summed E-state index contributed by atoms with van der Waals surface area (Å²) in [5.74, 6) is -0.0984. The Bertz CT molecular complexity index is 386. The van der Waals surface area contributed by atoms with Crippen molar-refractivity contribution in [3.05, 3.63) is 29.6 Å². The number of para-hydroxylation sites is 1. The first kappa shape index (κ1) is 13.9. The van der Waals surface area contributed by atoms with Gasteiger partial charge in [-0.25, -0.2) is 4.39 Å². The Morgan fingerprint density at radius 1 is 1.22 bits per heavy atom. The first-order chi connectivity index (χ1) is 8.74. The van der Waals surface area contributed by atoms with E-state index < -0.39 is 0 Å². The van der Waals surface area contributed by atoms with Crippen LogP contribution in [0.15, 0.2) is 18.2 Å². The van der Waals surface area contributed by atoms with Gasteiger partial charge in [-0.05, 0) is 24.5 Å². The van der Waals surface area contributed by atoms with Gasteiger partial charge in [0.25, 0.3) is 0 Å². The minimum Gasteiger partial charge on any atom is -0.369 e. The SMILES string of the molecule is CN(c1c(F)cccc1CBr)C1CCCCCC1. The topological polar surface area (TPSA) is 3.24 Å².